The van der Waals surface area contributed by atoms with E-state index in [-0.39, 0.29) is 41.6 Å². The van der Waals surface area contributed by atoms with Gasteiger partial charge >= 0.3 is 18.2 Å². The topological polar surface area (TPSA) is 155 Å². The molecule has 1 saturated carbocycles. The summed E-state index contributed by atoms with van der Waals surface area (Å²) in [7, 11) is 0. The zero-order chi connectivity index (χ0) is 31.9. The molecule has 234 valence electrons. The van der Waals surface area contributed by atoms with Gasteiger partial charge in [-0.3, -0.25) is 14.9 Å². The number of halogens is 3. The SMILES string of the molecule is CC1(C)CC(=O)c2c(C(F)(F)F)nn(-c3ccc(C(N)=O)c(NC(NC(=O)OC(C)(C)C)C(=O)OC4CCCC4)c3)c2C1. The number of nitrogens with zero attached hydrogens (tertiary/aromatic N) is 2. The van der Waals surface area contributed by atoms with Gasteiger partial charge in [0.15, 0.2) is 11.5 Å². The van der Waals surface area contributed by atoms with Gasteiger partial charge in [0.1, 0.15) is 11.7 Å². The largest absolute Gasteiger partial charge is 0.459 e. The number of nitrogens with two attached hydrogens (primary N) is 1. The van der Waals surface area contributed by atoms with Gasteiger partial charge in [-0.2, -0.15) is 18.3 Å². The molecule has 1 atom stereocenters. The number of carbonyl (C=O) groups is 4. The lowest BCUT2D eigenvalue weighted by atomic mass is 9.75. The van der Waals surface area contributed by atoms with E-state index in [2.05, 4.69) is 15.7 Å². The number of nitrogens with one attached hydrogen (secondary N) is 2. The van der Waals surface area contributed by atoms with E-state index in [0.717, 1.165) is 17.5 Å². The first-order valence-electron chi connectivity index (χ1n) is 14.0. The molecule has 1 aromatic heterocycles. The fraction of sp³-hybridized carbons (Fsp3) is 0.552. The van der Waals surface area contributed by atoms with Gasteiger partial charge in [-0.25, -0.2) is 14.3 Å². The van der Waals surface area contributed by atoms with Crippen molar-refractivity contribution in [2.75, 3.05) is 5.32 Å². The Labute approximate surface area is 246 Å². The smallest absolute Gasteiger partial charge is 0.435 e. The second-order valence-corrected chi connectivity index (χ2v) is 12.7. The molecule has 4 N–H and O–H groups in total. The van der Waals surface area contributed by atoms with Crippen LogP contribution in [0.4, 0.5) is 23.7 Å². The maximum Gasteiger partial charge on any atom is 0.435 e. The Morgan fingerprint density at radius 3 is 2.35 bits per heavy atom. The molecule has 0 saturated heterocycles. The van der Waals surface area contributed by atoms with Crippen molar-refractivity contribution >= 4 is 29.4 Å². The van der Waals surface area contributed by atoms with Crippen molar-refractivity contribution in [1.29, 1.82) is 0 Å². The second kappa shape index (κ2) is 11.5. The van der Waals surface area contributed by atoms with Gasteiger partial charge in [0.25, 0.3) is 5.91 Å². The molecule has 2 amide bonds. The van der Waals surface area contributed by atoms with Crippen LogP contribution in [0.25, 0.3) is 5.69 Å². The van der Waals surface area contributed by atoms with Crippen LogP contribution in [0.1, 0.15) is 98.8 Å². The number of anilines is 1. The monoisotopic (exact) mass is 607 g/mol. The lowest BCUT2D eigenvalue weighted by molar-refractivity contribution is -0.150. The maximum atomic E-state index is 14.0. The molecule has 4 rings (SSSR count). The molecule has 43 heavy (non-hydrogen) atoms. The second-order valence-electron chi connectivity index (χ2n) is 12.7. The lowest BCUT2D eigenvalue weighted by Crippen LogP contribution is -2.49. The Kier molecular flexibility index (Phi) is 8.53. The van der Waals surface area contributed by atoms with Crippen molar-refractivity contribution in [2.24, 2.45) is 11.1 Å². The highest BCUT2D eigenvalue weighted by Gasteiger charge is 2.45. The highest BCUT2D eigenvalue weighted by molar-refractivity contribution is 6.01. The molecule has 1 aromatic carbocycles. The summed E-state index contributed by atoms with van der Waals surface area (Å²) in [6.07, 6.45) is -4.69. The van der Waals surface area contributed by atoms with Gasteiger partial charge in [-0.05, 0) is 76.5 Å². The number of esters is 1. The fourth-order valence-electron chi connectivity index (χ4n) is 5.33. The van der Waals surface area contributed by atoms with E-state index in [0.29, 0.717) is 12.8 Å². The van der Waals surface area contributed by atoms with Crippen LogP contribution in [0.3, 0.4) is 0 Å². The van der Waals surface area contributed by atoms with Crippen LogP contribution in [0.2, 0.25) is 0 Å². The van der Waals surface area contributed by atoms with E-state index in [1.54, 1.807) is 34.6 Å². The number of hydrogen-bond acceptors (Lipinski definition) is 8. The Hall–Kier alpha value is -4.10. The summed E-state index contributed by atoms with van der Waals surface area (Å²) in [5.41, 5.74) is 2.15. The maximum absolute atomic E-state index is 14.0. The number of primary amides is 1. The normalized spacial score (nSPS) is 17.6. The number of amides is 2. The summed E-state index contributed by atoms with van der Waals surface area (Å²) in [4.78, 5) is 51.0. The van der Waals surface area contributed by atoms with Crippen LogP contribution >= 0.6 is 0 Å². The summed E-state index contributed by atoms with van der Waals surface area (Å²) in [5, 5.41) is 8.93. The number of ketones is 1. The van der Waals surface area contributed by atoms with E-state index in [1.807, 2.05) is 0 Å². The minimum absolute atomic E-state index is 0.0601. The highest BCUT2D eigenvalue weighted by atomic mass is 19.4. The Balaban J connectivity index is 1.77. The Morgan fingerprint density at radius 1 is 1.12 bits per heavy atom. The number of aromatic nitrogens is 2. The number of benzene rings is 1. The molecule has 2 aliphatic rings. The molecule has 2 aromatic rings. The van der Waals surface area contributed by atoms with Gasteiger partial charge in [0.2, 0.25) is 6.17 Å². The van der Waals surface area contributed by atoms with E-state index in [4.69, 9.17) is 15.2 Å². The molecule has 14 heteroatoms. The highest BCUT2D eigenvalue weighted by Crippen LogP contribution is 2.42. The number of alkyl carbamates (subject to hydrolysis) is 1. The predicted molar refractivity (Wildman–Crippen MR) is 149 cm³/mol. The number of hydrogen-bond donors (Lipinski definition) is 3. The van der Waals surface area contributed by atoms with Crippen molar-refractivity contribution in [3.63, 3.8) is 0 Å². The number of Topliss-reactive ketones (excluding diaryl/α,β-unsaturated/α-hetero) is 1. The molecule has 1 heterocycles. The Morgan fingerprint density at radius 2 is 1.77 bits per heavy atom. The number of carbonyl (C=O) groups excluding carboxylic acids is 4. The van der Waals surface area contributed by atoms with Crippen molar-refractivity contribution in [1.82, 2.24) is 15.1 Å². The molecular weight excluding hydrogens is 571 g/mol. The number of ether oxygens (including phenoxy) is 2. The summed E-state index contributed by atoms with van der Waals surface area (Å²) in [6, 6.07) is 3.86. The van der Waals surface area contributed by atoms with Crippen LogP contribution in [0, 0.1) is 5.41 Å². The molecule has 0 spiro atoms. The van der Waals surface area contributed by atoms with Crippen molar-refractivity contribution in [3.05, 3.63) is 40.7 Å². The quantitative estimate of drug-likeness (QED) is 0.297. The van der Waals surface area contributed by atoms with E-state index < -0.39 is 58.4 Å². The molecule has 1 unspecified atom stereocenters. The summed E-state index contributed by atoms with van der Waals surface area (Å²) >= 11 is 0. The molecular formula is C29H36F3N5O6. The van der Waals surface area contributed by atoms with E-state index in [9.17, 15) is 32.3 Å². The zero-order valence-electron chi connectivity index (χ0n) is 24.7. The summed E-state index contributed by atoms with van der Waals surface area (Å²) in [5.74, 6) is -2.45. The van der Waals surface area contributed by atoms with Crippen LogP contribution in [-0.2, 0) is 26.9 Å². The zero-order valence-corrected chi connectivity index (χ0v) is 24.7. The number of alkyl halides is 3. The van der Waals surface area contributed by atoms with Gasteiger partial charge in [0.05, 0.1) is 28.2 Å². The first-order valence-corrected chi connectivity index (χ1v) is 14.0. The van der Waals surface area contributed by atoms with Gasteiger partial charge in [0, 0.05) is 6.42 Å². The fourth-order valence-corrected chi connectivity index (χ4v) is 5.33. The average Bonchev–Trinajstić information content (AvgIpc) is 3.49. The molecule has 0 aliphatic heterocycles. The number of rotatable bonds is 7. The van der Waals surface area contributed by atoms with Crippen LogP contribution in [0.5, 0.6) is 0 Å². The number of fused-ring (bicyclic) bond motifs is 1. The van der Waals surface area contributed by atoms with Gasteiger partial charge in [-0.1, -0.05) is 13.8 Å². The molecule has 0 radical (unpaired) electrons. The van der Waals surface area contributed by atoms with Crippen LogP contribution in [0.15, 0.2) is 18.2 Å². The molecule has 11 nitrogen and oxygen atoms in total. The predicted octanol–water partition coefficient (Wildman–Crippen LogP) is 4.89. The lowest BCUT2D eigenvalue weighted by Gasteiger charge is -2.29. The minimum Gasteiger partial charge on any atom is -0.459 e. The molecule has 2 aliphatic carbocycles. The first-order chi connectivity index (χ1) is 19.8. The van der Waals surface area contributed by atoms with Gasteiger partial charge < -0.3 is 20.5 Å². The van der Waals surface area contributed by atoms with Gasteiger partial charge in [-0.15, -0.1) is 0 Å². The van der Waals surface area contributed by atoms with Crippen molar-refractivity contribution in [3.8, 4) is 5.69 Å². The van der Waals surface area contributed by atoms with E-state index >= 15 is 0 Å². The third-order valence-corrected chi connectivity index (χ3v) is 7.11. The van der Waals surface area contributed by atoms with Crippen molar-refractivity contribution in [2.45, 2.75) is 97.2 Å². The van der Waals surface area contributed by atoms with Crippen molar-refractivity contribution < 1.29 is 41.8 Å². The van der Waals surface area contributed by atoms with E-state index in [1.165, 1.54) is 18.2 Å². The average molecular weight is 608 g/mol. The Bertz CT molecular complexity index is 1440. The third kappa shape index (κ3) is 7.46. The standard InChI is InChI=1S/C29H36F3N5O6/c1-27(2,3)43-26(41)35-24(25(40)42-16-8-6-7-9-16)34-18-12-15(10-11-17(18)23(33)39)37-19-13-28(4,5)14-20(38)21(19)22(36-37)29(30,31)32/h10-12,16,24,34H,6-9,13-14H2,1-5H3,(H2,33,39)(H,35,41). The summed E-state index contributed by atoms with van der Waals surface area (Å²) in [6.45, 7) is 8.43. The first kappa shape index (κ1) is 31.8. The van der Waals surface area contributed by atoms with Crippen LogP contribution in [-0.4, -0.2) is 51.4 Å². The van der Waals surface area contributed by atoms with Crippen LogP contribution < -0.4 is 16.4 Å². The molecule has 1 fully saturated rings. The third-order valence-electron chi connectivity index (χ3n) is 7.11. The summed E-state index contributed by atoms with van der Waals surface area (Å²) < 4.78 is 53.8. The minimum atomic E-state index is -4.90. The molecule has 0 bridgehead atoms.